The highest BCUT2D eigenvalue weighted by Crippen LogP contribution is 2.11. The van der Waals surface area contributed by atoms with Gasteiger partial charge in [0, 0.05) is 18.7 Å². The van der Waals surface area contributed by atoms with E-state index < -0.39 is 0 Å². The molecule has 0 aromatic heterocycles. The summed E-state index contributed by atoms with van der Waals surface area (Å²) in [4.78, 5) is 2.23. The SMILES string of the molecule is CCCCN(CCO)CCOc1ccc(C#CCN)cc1. The van der Waals surface area contributed by atoms with Crippen molar-refractivity contribution in [1.29, 1.82) is 0 Å². The van der Waals surface area contributed by atoms with Crippen molar-refractivity contribution in [2.45, 2.75) is 19.8 Å². The van der Waals surface area contributed by atoms with Crippen LogP contribution >= 0.6 is 0 Å². The Labute approximate surface area is 127 Å². The number of benzene rings is 1. The molecule has 0 spiro atoms. The second-order valence-corrected chi connectivity index (χ2v) is 4.80. The molecule has 0 radical (unpaired) electrons. The summed E-state index contributed by atoms with van der Waals surface area (Å²) in [7, 11) is 0. The minimum absolute atomic E-state index is 0.193. The summed E-state index contributed by atoms with van der Waals surface area (Å²) in [6.45, 7) is 5.90. The zero-order valence-electron chi connectivity index (χ0n) is 12.8. The van der Waals surface area contributed by atoms with E-state index in [9.17, 15) is 0 Å². The van der Waals surface area contributed by atoms with E-state index in [0.717, 1.165) is 37.2 Å². The van der Waals surface area contributed by atoms with Crippen molar-refractivity contribution in [1.82, 2.24) is 4.90 Å². The van der Waals surface area contributed by atoms with Crippen LogP contribution in [0.15, 0.2) is 24.3 Å². The maximum atomic E-state index is 9.05. The van der Waals surface area contributed by atoms with Gasteiger partial charge in [-0.2, -0.15) is 0 Å². The van der Waals surface area contributed by atoms with E-state index in [2.05, 4.69) is 23.7 Å². The predicted octanol–water partition coefficient (Wildman–Crippen LogP) is 1.47. The van der Waals surface area contributed by atoms with Crippen molar-refractivity contribution >= 4 is 0 Å². The van der Waals surface area contributed by atoms with Crippen molar-refractivity contribution in [3.8, 4) is 17.6 Å². The zero-order chi connectivity index (χ0) is 15.3. The number of rotatable bonds is 9. The number of aliphatic hydroxyl groups is 1. The molecular weight excluding hydrogens is 264 g/mol. The number of ether oxygens (including phenoxy) is 1. The van der Waals surface area contributed by atoms with Gasteiger partial charge in [0.2, 0.25) is 0 Å². The molecule has 1 aromatic carbocycles. The van der Waals surface area contributed by atoms with Crippen LogP contribution in [0.4, 0.5) is 0 Å². The van der Waals surface area contributed by atoms with E-state index in [1.807, 2.05) is 24.3 Å². The van der Waals surface area contributed by atoms with Gasteiger partial charge in [0.05, 0.1) is 13.2 Å². The Bertz CT molecular complexity index is 434. The molecule has 21 heavy (non-hydrogen) atoms. The second-order valence-electron chi connectivity index (χ2n) is 4.80. The van der Waals surface area contributed by atoms with E-state index in [1.54, 1.807) is 0 Å². The van der Waals surface area contributed by atoms with Crippen molar-refractivity contribution in [3.05, 3.63) is 29.8 Å². The highest BCUT2D eigenvalue weighted by molar-refractivity contribution is 5.38. The molecular formula is C17H26N2O2. The normalized spacial score (nSPS) is 10.3. The smallest absolute Gasteiger partial charge is 0.119 e. The van der Waals surface area contributed by atoms with Crippen molar-refractivity contribution in [2.24, 2.45) is 5.73 Å². The molecule has 0 fully saturated rings. The van der Waals surface area contributed by atoms with Gasteiger partial charge >= 0.3 is 0 Å². The van der Waals surface area contributed by atoms with Crippen LogP contribution in [0.2, 0.25) is 0 Å². The van der Waals surface area contributed by atoms with Gasteiger partial charge in [0.25, 0.3) is 0 Å². The van der Waals surface area contributed by atoms with Gasteiger partial charge in [-0.15, -0.1) is 0 Å². The van der Waals surface area contributed by atoms with E-state index in [4.69, 9.17) is 15.6 Å². The molecule has 0 heterocycles. The fourth-order valence-electron chi connectivity index (χ4n) is 1.94. The largest absolute Gasteiger partial charge is 0.492 e. The molecule has 0 atom stereocenters. The highest BCUT2D eigenvalue weighted by Gasteiger charge is 2.03. The maximum Gasteiger partial charge on any atom is 0.119 e. The number of nitrogens with two attached hydrogens (primary N) is 1. The zero-order valence-corrected chi connectivity index (χ0v) is 12.8. The molecule has 0 amide bonds. The first-order valence-electron chi connectivity index (χ1n) is 7.55. The summed E-state index contributed by atoms with van der Waals surface area (Å²) in [5.74, 6) is 6.64. The van der Waals surface area contributed by atoms with Crippen LogP contribution in [-0.4, -0.2) is 49.4 Å². The molecule has 0 aliphatic heterocycles. The lowest BCUT2D eigenvalue weighted by molar-refractivity contribution is 0.167. The minimum atomic E-state index is 0.193. The van der Waals surface area contributed by atoms with Gasteiger partial charge in [-0.05, 0) is 37.2 Å². The van der Waals surface area contributed by atoms with Crippen LogP contribution < -0.4 is 10.5 Å². The van der Waals surface area contributed by atoms with E-state index in [1.165, 1.54) is 0 Å². The molecule has 0 bridgehead atoms. The molecule has 1 aromatic rings. The molecule has 0 unspecified atom stereocenters. The molecule has 0 saturated heterocycles. The molecule has 4 nitrogen and oxygen atoms in total. The summed E-state index contributed by atoms with van der Waals surface area (Å²) in [5, 5.41) is 9.05. The lowest BCUT2D eigenvalue weighted by atomic mass is 10.2. The van der Waals surface area contributed by atoms with Gasteiger partial charge in [-0.1, -0.05) is 25.2 Å². The monoisotopic (exact) mass is 290 g/mol. The average Bonchev–Trinajstić information content (AvgIpc) is 2.52. The Kier molecular flexibility index (Phi) is 9.30. The van der Waals surface area contributed by atoms with E-state index >= 15 is 0 Å². The van der Waals surface area contributed by atoms with Crippen molar-refractivity contribution in [2.75, 3.05) is 39.4 Å². The first-order chi connectivity index (χ1) is 10.3. The number of nitrogens with zero attached hydrogens (tertiary/aromatic N) is 1. The van der Waals surface area contributed by atoms with Crippen LogP contribution in [0.3, 0.4) is 0 Å². The van der Waals surface area contributed by atoms with Crippen LogP contribution in [0.25, 0.3) is 0 Å². The number of hydrogen-bond acceptors (Lipinski definition) is 4. The standard InChI is InChI=1S/C17H26N2O2/c1-2-3-11-19(12-14-20)13-15-21-17-8-6-16(7-9-17)5-4-10-18/h6-9,20H,2-3,10-15,18H2,1H3. The summed E-state index contributed by atoms with van der Waals surface area (Å²) >= 11 is 0. The average molecular weight is 290 g/mol. The summed E-state index contributed by atoms with van der Waals surface area (Å²) in [6.07, 6.45) is 2.31. The van der Waals surface area contributed by atoms with Gasteiger partial charge in [0.1, 0.15) is 12.4 Å². The lowest BCUT2D eigenvalue weighted by Gasteiger charge is -2.21. The number of unbranched alkanes of at least 4 members (excludes halogenated alkanes) is 1. The molecule has 116 valence electrons. The Balaban J connectivity index is 2.36. The van der Waals surface area contributed by atoms with Gasteiger partial charge in [-0.3, -0.25) is 4.90 Å². The Morgan fingerprint density at radius 2 is 1.95 bits per heavy atom. The summed E-state index contributed by atoms with van der Waals surface area (Å²) < 4.78 is 5.73. The topological polar surface area (TPSA) is 58.7 Å². The molecule has 0 aliphatic rings. The van der Waals surface area contributed by atoms with Crippen molar-refractivity contribution < 1.29 is 9.84 Å². The molecule has 0 aliphatic carbocycles. The van der Waals surface area contributed by atoms with E-state index in [-0.39, 0.29) is 6.61 Å². The molecule has 1 rings (SSSR count). The fourth-order valence-corrected chi connectivity index (χ4v) is 1.94. The van der Waals surface area contributed by atoms with Gasteiger partial charge in [-0.25, -0.2) is 0 Å². The summed E-state index contributed by atoms with van der Waals surface area (Å²) in [6, 6.07) is 7.70. The number of aliphatic hydroxyl groups excluding tert-OH is 1. The third kappa shape index (κ3) is 7.72. The maximum absolute atomic E-state index is 9.05. The molecule has 4 heteroatoms. The third-order valence-electron chi connectivity index (χ3n) is 3.11. The lowest BCUT2D eigenvalue weighted by Crippen LogP contribution is -2.32. The minimum Gasteiger partial charge on any atom is -0.492 e. The molecule has 0 saturated carbocycles. The second kappa shape index (κ2) is 11.2. The third-order valence-corrected chi connectivity index (χ3v) is 3.11. The first-order valence-corrected chi connectivity index (χ1v) is 7.55. The van der Waals surface area contributed by atoms with Crippen LogP contribution in [0.1, 0.15) is 25.3 Å². The Hall–Kier alpha value is -1.54. The first kappa shape index (κ1) is 17.5. The van der Waals surface area contributed by atoms with Gasteiger partial charge in [0.15, 0.2) is 0 Å². The Morgan fingerprint density at radius 3 is 2.57 bits per heavy atom. The predicted molar refractivity (Wildman–Crippen MR) is 86.3 cm³/mol. The number of hydrogen-bond donors (Lipinski definition) is 2. The Morgan fingerprint density at radius 1 is 1.19 bits per heavy atom. The van der Waals surface area contributed by atoms with Gasteiger partial charge < -0.3 is 15.6 Å². The van der Waals surface area contributed by atoms with Crippen molar-refractivity contribution in [3.63, 3.8) is 0 Å². The quantitative estimate of drug-likeness (QED) is 0.676. The summed E-state index contributed by atoms with van der Waals surface area (Å²) in [5.41, 5.74) is 6.28. The fraction of sp³-hybridized carbons (Fsp3) is 0.529. The molecule has 3 N–H and O–H groups in total. The van der Waals surface area contributed by atoms with E-state index in [0.29, 0.717) is 19.7 Å². The van der Waals surface area contributed by atoms with Crippen LogP contribution in [-0.2, 0) is 0 Å². The van der Waals surface area contributed by atoms with Crippen LogP contribution in [0, 0.1) is 11.8 Å². The van der Waals surface area contributed by atoms with Crippen LogP contribution in [0.5, 0.6) is 5.75 Å². The highest BCUT2D eigenvalue weighted by atomic mass is 16.5.